The summed E-state index contributed by atoms with van der Waals surface area (Å²) in [6.45, 7) is 11.1. The van der Waals surface area contributed by atoms with Crippen molar-refractivity contribution >= 4 is 22.0 Å². The predicted molar refractivity (Wildman–Crippen MR) is 147 cm³/mol. The lowest BCUT2D eigenvalue weighted by molar-refractivity contribution is -0.141. The number of amides is 2. The minimum absolute atomic E-state index is 0.0342. The number of carboxylic acid groups (broad SMARTS) is 1. The van der Waals surface area contributed by atoms with E-state index < -0.39 is 22.0 Å². The van der Waals surface area contributed by atoms with Gasteiger partial charge in [-0.25, -0.2) is 13.2 Å². The van der Waals surface area contributed by atoms with Gasteiger partial charge in [-0.2, -0.15) is 4.31 Å². The molecule has 1 saturated carbocycles. The first-order valence-corrected chi connectivity index (χ1v) is 15.2. The molecule has 2 N–H and O–H groups in total. The number of carbonyl (C=O) groups excluding carboxylic acids is 1. The van der Waals surface area contributed by atoms with Crippen LogP contribution in [0.15, 0.2) is 29.2 Å². The molecule has 0 spiro atoms. The normalized spacial score (nSPS) is 15.8. The van der Waals surface area contributed by atoms with Crippen molar-refractivity contribution in [2.24, 2.45) is 11.8 Å². The molecule has 1 atom stereocenters. The summed E-state index contributed by atoms with van der Waals surface area (Å²) in [5, 5.41) is 13.0. The molecule has 1 aromatic carbocycles. The predicted octanol–water partition coefficient (Wildman–Crippen LogP) is 5.27. The molecule has 37 heavy (non-hydrogen) atoms. The number of carboxylic acids is 1. The maximum absolute atomic E-state index is 13.4. The van der Waals surface area contributed by atoms with Gasteiger partial charge in [0, 0.05) is 25.7 Å². The van der Waals surface area contributed by atoms with Gasteiger partial charge in [0.1, 0.15) is 6.04 Å². The average molecular weight is 538 g/mol. The van der Waals surface area contributed by atoms with Gasteiger partial charge in [-0.05, 0) is 63.0 Å². The van der Waals surface area contributed by atoms with Crippen molar-refractivity contribution in [2.45, 2.75) is 103 Å². The van der Waals surface area contributed by atoms with Gasteiger partial charge in [-0.3, -0.25) is 4.79 Å². The van der Waals surface area contributed by atoms with Gasteiger partial charge in [0.25, 0.3) is 0 Å². The van der Waals surface area contributed by atoms with Crippen LogP contribution in [0.2, 0.25) is 0 Å². The second-order valence-electron chi connectivity index (χ2n) is 11.2. The standard InChI is InChI=1S/C28H47N3O5S/c1-21(2)19-30(24-11-7-6-8-12-24)28(34)29-18-10-9-13-26(27(32)33)31(20-22(3)4)37(35,36)25-16-14-23(5)15-17-25/h14-17,21-22,24,26H,6-13,18-20H2,1-5H3,(H,29,34)(H,32,33)/t26-/m0/s1. The Labute approximate surface area is 223 Å². The maximum atomic E-state index is 13.4. The highest BCUT2D eigenvalue weighted by Crippen LogP contribution is 2.25. The molecule has 0 aromatic heterocycles. The number of nitrogens with one attached hydrogen (secondary N) is 1. The first kappa shape index (κ1) is 31.1. The summed E-state index contributed by atoms with van der Waals surface area (Å²) in [5.74, 6) is -0.805. The first-order valence-electron chi connectivity index (χ1n) is 13.8. The quantitative estimate of drug-likeness (QED) is 0.315. The number of unbranched alkanes of at least 4 members (excludes halogenated alkanes) is 1. The lowest BCUT2D eigenvalue weighted by atomic mass is 9.94. The zero-order valence-corrected chi connectivity index (χ0v) is 24.1. The number of hydrogen-bond acceptors (Lipinski definition) is 4. The summed E-state index contributed by atoms with van der Waals surface area (Å²) < 4.78 is 28.0. The van der Waals surface area contributed by atoms with E-state index in [2.05, 4.69) is 19.2 Å². The van der Waals surface area contributed by atoms with E-state index in [4.69, 9.17) is 0 Å². The molecule has 1 fully saturated rings. The van der Waals surface area contributed by atoms with Gasteiger partial charge < -0.3 is 15.3 Å². The number of nitrogens with zero attached hydrogens (tertiary/aromatic N) is 2. The van der Waals surface area contributed by atoms with E-state index >= 15 is 0 Å². The number of hydrogen-bond donors (Lipinski definition) is 2. The van der Waals surface area contributed by atoms with Gasteiger partial charge >= 0.3 is 12.0 Å². The van der Waals surface area contributed by atoms with Crippen molar-refractivity contribution in [3.05, 3.63) is 29.8 Å². The van der Waals surface area contributed by atoms with E-state index in [1.54, 1.807) is 12.1 Å². The highest BCUT2D eigenvalue weighted by Gasteiger charge is 2.36. The van der Waals surface area contributed by atoms with Crippen molar-refractivity contribution in [1.82, 2.24) is 14.5 Å². The van der Waals surface area contributed by atoms with Crippen molar-refractivity contribution in [3.63, 3.8) is 0 Å². The number of carbonyl (C=O) groups is 2. The number of sulfonamides is 1. The second-order valence-corrected chi connectivity index (χ2v) is 13.1. The Morgan fingerprint density at radius 2 is 1.57 bits per heavy atom. The first-order chi connectivity index (χ1) is 17.4. The van der Waals surface area contributed by atoms with Gasteiger partial charge in [0.05, 0.1) is 4.90 Å². The fourth-order valence-corrected chi connectivity index (χ4v) is 6.71. The van der Waals surface area contributed by atoms with Crippen LogP contribution in [0.4, 0.5) is 4.79 Å². The summed E-state index contributed by atoms with van der Waals surface area (Å²) in [6, 6.07) is 5.55. The Morgan fingerprint density at radius 1 is 0.973 bits per heavy atom. The smallest absolute Gasteiger partial charge is 0.322 e. The molecule has 8 nitrogen and oxygen atoms in total. The van der Waals surface area contributed by atoms with E-state index in [1.807, 2.05) is 25.7 Å². The molecule has 1 aliphatic carbocycles. The van der Waals surface area contributed by atoms with E-state index in [0.29, 0.717) is 25.3 Å². The van der Waals surface area contributed by atoms with Gasteiger partial charge in [0.2, 0.25) is 10.0 Å². The number of aliphatic carboxylic acids is 1. The van der Waals surface area contributed by atoms with Crippen molar-refractivity contribution < 1.29 is 23.1 Å². The molecule has 0 bridgehead atoms. The molecule has 1 aliphatic rings. The minimum Gasteiger partial charge on any atom is -0.480 e. The Hall–Kier alpha value is -2.13. The number of urea groups is 1. The highest BCUT2D eigenvalue weighted by molar-refractivity contribution is 7.89. The van der Waals surface area contributed by atoms with Gasteiger partial charge in [-0.1, -0.05) is 64.7 Å². The van der Waals surface area contributed by atoms with Crippen molar-refractivity contribution in [3.8, 4) is 0 Å². The van der Waals surface area contributed by atoms with E-state index in [0.717, 1.165) is 42.1 Å². The van der Waals surface area contributed by atoms with Crippen LogP contribution in [-0.4, -0.2) is 66.4 Å². The highest BCUT2D eigenvalue weighted by atomic mass is 32.2. The summed E-state index contributed by atoms with van der Waals surface area (Å²) in [5.41, 5.74) is 0.932. The number of benzene rings is 1. The maximum Gasteiger partial charge on any atom is 0.322 e. The summed E-state index contributed by atoms with van der Waals surface area (Å²) in [7, 11) is -3.97. The van der Waals surface area contributed by atoms with Crippen LogP contribution < -0.4 is 5.32 Å². The molecule has 1 aromatic rings. The molecule has 0 heterocycles. The molecule has 0 aliphatic heterocycles. The van der Waals surface area contributed by atoms with Crippen molar-refractivity contribution in [1.29, 1.82) is 0 Å². The van der Waals surface area contributed by atoms with Crippen LogP contribution in [0, 0.1) is 18.8 Å². The molecular weight excluding hydrogens is 490 g/mol. The molecule has 9 heteroatoms. The molecule has 2 rings (SSSR count). The van der Waals surface area contributed by atoms with E-state index in [1.165, 1.54) is 18.6 Å². The third kappa shape index (κ3) is 9.60. The Bertz CT molecular complexity index is 957. The minimum atomic E-state index is -3.97. The van der Waals surface area contributed by atoms with Crippen LogP contribution in [0.1, 0.15) is 84.6 Å². The lowest BCUT2D eigenvalue weighted by Gasteiger charge is -2.35. The third-order valence-electron chi connectivity index (χ3n) is 6.82. The summed E-state index contributed by atoms with van der Waals surface area (Å²) >= 11 is 0. The molecule has 0 radical (unpaired) electrons. The van der Waals surface area contributed by atoms with Crippen LogP contribution >= 0.6 is 0 Å². The lowest BCUT2D eigenvalue weighted by Crippen LogP contribution is -2.48. The van der Waals surface area contributed by atoms with Crippen LogP contribution in [0.5, 0.6) is 0 Å². The second kappa shape index (κ2) is 14.7. The van der Waals surface area contributed by atoms with E-state index in [-0.39, 0.29) is 35.9 Å². The molecule has 0 saturated heterocycles. The Balaban J connectivity index is 2.00. The Morgan fingerprint density at radius 3 is 2.11 bits per heavy atom. The molecule has 2 amide bonds. The Kier molecular flexibility index (Phi) is 12.4. The average Bonchev–Trinajstić information content (AvgIpc) is 2.83. The molecule has 0 unspecified atom stereocenters. The zero-order chi connectivity index (χ0) is 27.6. The van der Waals surface area contributed by atoms with Crippen LogP contribution in [0.3, 0.4) is 0 Å². The number of aryl methyl sites for hydroxylation is 1. The topological polar surface area (TPSA) is 107 Å². The van der Waals surface area contributed by atoms with Crippen molar-refractivity contribution in [2.75, 3.05) is 19.6 Å². The third-order valence-corrected chi connectivity index (χ3v) is 8.71. The fourth-order valence-electron chi connectivity index (χ4n) is 4.93. The number of rotatable bonds is 14. The zero-order valence-electron chi connectivity index (χ0n) is 23.3. The van der Waals surface area contributed by atoms with Gasteiger partial charge in [0.15, 0.2) is 0 Å². The molecule has 210 valence electrons. The van der Waals surface area contributed by atoms with Gasteiger partial charge in [-0.15, -0.1) is 0 Å². The largest absolute Gasteiger partial charge is 0.480 e. The fraction of sp³-hybridized carbons (Fsp3) is 0.714. The van der Waals surface area contributed by atoms with Crippen LogP contribution in [0.25, 0.3) is 0 Å². The van der Waals surface area contributed by atoms with Crippen LogP contribution in [-0.2, 0) is 14.8 Å². The molecular formula is C28H47N3O5S. The van der Waals surface area contributed by atoms with E-state index in [9.17, 15) is 23.1 Å². The monoisotopic (exact) mass is 537 g/mol. The summed E-state index contributed by atoms with van der Waals surface area (Å²) in [6.07, 6.45) is 6.87. The SMILES string of the molecule is Cc1ccc(S(=O)(=O)N(CC(C)C)[C@@H](CCCCNC(=O)N(CC(C)C)C2CCCCC2)C(=O)O)cc1. The summed E-state index contributed by atoms with van der Waals surface area (Å²) in [4.78, 5) is 27.2.